The maximum absolute atomic E-state index is 11.4. The van der Waals surface area contributed by atoms with Crippen LogP contribution in [0.2, 0.25) is 0 Å². The largest absolute Gasteiger partial charge is 0.432 e. The molecule has 1 aromatic rings. The zero-order valence-corrected chi connectivity index (χ0v) is 11.5. The van der Waals surface area contributed by atoms with Crippen LogP contribution >= 0.6 is 0 Å². The van der Waals surface area contributed by atoms with E-state index in [0.717, 1.165) is 12.2 Å². The Labute approximate surface area is 107 Å². The van der Waals surface area contributed by atoms with Gasteiger partial charge in [-0.1, -0.05) is 6.92 Å². The highest BCUT2D eigenvalue weighted by molar-refractivity contribution is 7.91. The van der Waals surface area contributed by atoms with E-state index < -0.39 is 9.84 Å². The predicted octanol–water partition coefficient (Wildman–Crippen LogP) is 0.407. The molecule has 0 saturated carbocycles. The fraction of sp³-hybridized carbons (Fsp3) is 0.727. The van der Waals surface area contributed by atoms with Crippen molar-refractivity contribution in [3.05, 3.63) is 12.0 Å². The van der Waals surface area contributed by atoms with E-state index in [1.54, 1.807) is 6.26 Å². The Kier molecular flexibility index (Phi) is 3.91. The average molecular weight is 273 g/mol. The summed E-state index contributed by atoms with van der Waals surface area (Å²) in [4.78, 5) is 6.16. The van der Waals surface area contributed by atoms with Crippen molar-refractivity contribution in [2.75, 3.05) is 30.0 Å². The number of anilines is 1. The lowest BCUT2D eigenvalue weighted by Crippen LogP contribution is -2.32. The molecule has 1 N–H and O–H groups in total. The lowest BCUT2D eigenvalue weighted by atomic mass is 10.2. The van der Waals surface area contributed by atoms with E-state index in [1.807, 2.05) is 18.9 Å². The van der Waals surface area contributed by atoms with Gasteiger partial charge in [0.15, 0.2) is 9.84 Å². The summed E-state index contributed by atoms with van der Waals surface area (Å²) in [5.74, 6) is 0.446. The predicted molar refractivity (Wildman–Crippen MR) is 69.3 cm³/mol. The van der Waals surface area contributed by atoms with Crippen LogP contribution in [0.5, 0.6) is 0 Å². The van der Waals surface area contributed by atoms with Crippen LogP contribution in [-0.2, 0) is 16.4 Å². The fourth-order valence-corrected chi connectivity index (χ4v) is 3.80. The molecule has 1 unspecified atom stereocenters. The van der Waals surface area contributed by atoms with Gasteiger partial charge in [-0.3, -0.25) is 0 Å². The van der Waals surface area contributed by atoms with Crippen LogP contribution in [0, 0.1) is 0 Å². The minimum absolute atomic E-state index is 0.0272. The summed E-state index contributed by atoms with van der Waals surface area (Å²) in [6.45, 7) is 3.56. The van der Waals surface area contributed by atoms with Gasteiger partial charge in [-0.25, -0.2) is 8.42 Å². The Morgan fingerprint density at radius 3 is 3.00 bits per heavy atom. The van der Waals surface area contributed by atoms with Gasteiger partial charge in [0, 0.05) is 19.6 Å². The standard InChI is InChI=1S/C11H19N3O3S/c1-3-12-6-9-7-17-11(13-9)14(2)10-4-5-18(15,16)8-10/h7,10,12H,3-6,8H2,1-2H3. The Hall–Kier alpha value is -1.08. The summed E-state index contributed by atoms with van der Waals surface area (Å²) in [6, 6.07) is 0.464. The second kappa shape index (κ2) is 5.27. The van der Waals surface area contributed by atoms with Crippen LogP contribution < -0.4 is 10.2 Å². The van der Waals surface area contributed by atoms with Gasteiger partial charge in [-0.2, -0.15) is 4.98 Å². The van der Waals surface area contributed by atoms with E-state index in [2.05, 4.69) is 10.3 Å². The van der Waals surface area contributed by atoms with Gasteiger partial charge in [0.1, 0.15) is 6.26 Å². The van der Waals surface area contributed by atoms with E-state index in [0.29, 0.717) is 19.0 Å². The highest BCUT2D eigenvalue weighted by Crippen LogP contribution is 2.22. The molecular weight excluding hydrogens is 254 g/mol. The molecule has 0 amide bonds. The molecule has 0 aromatic carbocycles. The third-order valence-corrected chi connectivity index (χ3v) is 4.90. The van der Waals surface area contributed by atoms with Crippen molar-refractivity contribution in [3.8, 4) is 0 Å². The van der Waals surface area contributed by atoms with Gasteiger partial charge in [0.05, 0.1) is 17.2 Å². The summed E-state index contributed by atoms with van der Waals surface area (Å²) < 4.78 is 28.3. The number of sulfone groups is 1. The number of aromatic nitrogens is 1. The number of nitrogens with one attached hydrogen (secondary N) is 1. The molecule has 18 heavy (non-hydrogen) atoms. The van der Waals surface area contributed by atoms with E-state index in [1.165, 1.54) is 0 Å². The first-order valence-corrected chi connectivity index (χ1v) is 7.92. The lowest BCUT2D eigenvalue weighted by Gasteiger charge is -2.20. The van der Waals surface area contributed by atoms with Gasteiger partial charge < -0.3 is 14.6 Å². The zero-order valence-electron chi connectivity index (χ0n) is 10.7. The number of nitrogens with zero attached hydrogens (tertiary/aromatic N) is 2. The molecule has 1 aliphatic heterocycles. The molecule has 1 aliphatic rings. The summed E-state index contributed by atoms with van der Waals surface area (Å²) in [6.07, 6.45) is 2.25. The van der Waals surface area contributed by atoms with Crippen molar-refractivity contribution in [2.24, 2.45) is 0 Å². The van der Waals surface area contributed by atoms with Gasteiger partial charge in [-0.05, 0) is 13.0 Å². The molecule has 2 heterocycles. The second-order valence-electron chi connectivity index (χ2n) is 4.57. The Morgan fingerprint density at radius 2 is 2.39 bits per heavy atom. The number of hydrogen-bond acceptors (Lipinski definition) is 6. The normalized spacial score (nSPS) is 22.2. The smallest absolute Gasteiger partial charge is 0.297 e. The number of hydrogen-bond donors (Lipinski definition) is 1. The fourth-order valence-electron chi connectivity index (χ4n) is 2.03. The molecule has 1 fully saturated rings. The molecule has 1 saturated heterocycles. The highest BCUT2D eigenvalue weighted by Gasteiger charge is 2.32. The van der Waals surface area contributed by atoms with Crippen molar-refractivity contribution in [2.45, 2.75) is 25.9 Å². The minimum Gasteiger partial charge on any atom is -0.432 e. The first kappa shape index (κ1) is 13.4. The molecule has 6 nitrogen and oxygen atoms in total. The van der Waals surface area contributed by atoms with Crippen LogP contribution in [0.25, 0.3) is 0 Å². The lowest BCUT2D eigenvalue weighted by molar-refractivity contribution is 0.521. The highest BCUT2D eigenvalue weighted by atomic mass is 32.2. The first-order valence-electron chi connectivity index (χ1n) is 6.10. The molecular formula is C11H19N3O3S. The molecule has 0 spiro atoms. The summed E-state index contributed by atoms with van der Waals surface area (Å²) >= 11 is 0. The monoisotopic (exact) mass is 273 g/mol. The van der Waals surface area contributed by atoms with Crippen LogP contribution in [-0.4, -0.2) is 44.5 Å². The van der Waals surface area contributed by atoms with Crippen LogP contribution in [0.1, 0.15) is 19.0 Å². The maximum Gasteiger partial charge on any atom is 0.297 e. The molecule has 0 bridgehead atoms. The third kappa shape index (κ3) is 3.02. The number of oxazole rings is 1. The van der Waals surface area contributed by atoms with Crippen molar-refractivity contribution in [1.29, 1.82) is 0 Å². The Bertz CT molecular complexity index is 497. The zero-order chi connectivity index (χ0) is 13.2. The quantitative estimate of drug-likeness (QED) is 0.837. The van der Waals surface area contributed by atoms with Crippen molar-refractivity contribution in [1.82, 2.24) is 10.3 Å². The minimum atomic E-state index is -2.88. The molecule has 1 atom stereocenters. The number of rotatable bonds is 5. The Balaban J connectivity index is 2.01. The molecule has 2 rings (SSSR count). The summed E-state index contributed by atoms with van der Waals surface area (Å²) in [5, 5.41) is 3.16. The van der Waals surface area contributed by atoms with Crippen LogP contribution in [0.15, 0.2) is 10.7 Å². The van der Waals surface area contributed by atoms with E-state index in [9.17, 15) is 8.42 Å². The molecule has 0 aliphatic carbocycles. The Morgan fingerprint density at radius 1 is 1.61 bits per heavy atom. The summed E-state index contributed by atoms with van der Waals surface area (Å²) in [7, 11) is -1.05. The molecule has 0 radical (unpaired) electrons. The topological polar surface area (TPSA) is 75.4 Å². The van der Waals surface area contributed by atoms with Gasteiger partial charge in [0.25, 0.3) is 6.01 Å². The first-order chi connectivity index (χ1) is 8.52. The van der Waals surface area contributed by atoms with Gasteiger partial charge in [-0.15, -0.1) is 0 Å². The second-order valence-corrected chi connectivity index (χ2v) is 6.80. The van der Waals surface area contributed by atoms with E-state index >= 15 is 0 Å². The van der Waals surface area contributed by atoms with E-state index in [-0.39, 0.29) is 17.5 Å². The van der Waals surface area contributed by atoms with Crippen molar-refractivity contribution in [3.63, 3.8) is 0 Å². The van der Waals surface area contributed by atoms with Crippen LogP contribution in [0.4, 0.5) is 6.01 Å². The molecule has 102 valence electrons. The van der Waals surface area contributed by atoms with Crippen LogP contribution in [0.3, 0.4) is 0 Å². The summed E-state index contributed by atoms with van der Waals surface area (Å²) in [5.41, 5.74) is 0.833. The molecule has 7 heteroatoms. The van der Waals surface area contributed by atoms with Gasteiger partial charge >= 0.3 is 0 Å². The van der Waals surface area contributed by atoms with Gasteiger partial charge in [0.2, 0.25) is 0 Å². The third-order valence-electron chi connectivity index (χ3n) is 3.15. The molecule has 1 aromatic heterocycles. The SMILES string of the molecule is CCNCc1coc(N(C)C2CCS(=O)(=O)C2)n1. The maximum atomic E-state index is 11.4. The average Bonchev–Trinajstić information content (AvgIpc) is 2.92. The van der Waals surface area contributed by atoms with E-state index in [4.69, 9.17) is 4.42 Å². The van der Waals surface area contributed by atoms with Crippen molar-refractivity contribution < 1.29 is 12.8 Å². The van der Waals surface area contributed by atoms with Crippen molar-refractivity contribution >= 4 is 15.9 Å².